The number of nitrogens with two attached hydrogens (primary N) is 1. The van der Waals surface area contributed by atoms with Gasteiger partial charge < -0.3 is 26.2 Å². The lowest BCUT2D eigenvalue weighted by molar-refractivity contribution is -0.151. The normalized spacial score (nSPS) is 18.2. The van der Waals surface area contributed by atoms with Gasteiger partial charge in [0.2, 0.25) is 11.6 Å². The highest BCUT2D eigenvalue weighted by molar-refractivity contribution is 7.80. The molecular weight excluding hydrogens is 250 g/mol. The summed E-state index contributed by atoms with van der Waals surface area (Å²) in [6.07, 6.45) is -5.37. The van der Waals surface area contributed by atoms with Gasteiger partial charge in [0.25, 0.3) is 0 Å². The van der Waals surface area contributed by atoms with Crippen molar-refractivity contribution in [1.29, 1.82) is 0 Å². The Balaban J connectivity index is 4.54. The third-order valence-corrected chi connectivity index (χ3v) is 2.46. The molecule has 0 saturated heterocycles. The predicted octanol–water partition coefficient (Wildman–Crippen LogP) is -3.15. The van der Waals surface area contributed by atoms with Gasteiger partial charge in [-0.2, -0.15) is 12.6 Å². The van der Waals surface area contributed by atoms with E-state index in [1.807, 2.05) is 0 Å². The highest BCUT2D eigenvalue weighted by Gasteiger charge is 2.35. The Kier molecular flexibility index (Phi) is 7.51. The van der Waals surface area contributed by atoms with Crippen molar-refractivity contribution in [1.82, 2.24) is 0 Å². The molecule has 0 spiro atoms. The monoisotopic (exact) mass is 267 g/mol. The van der Waals surface area contributed by atoms with E-state index in [1.54, 1.807) is 0 Å². The highest BCUT2D eigenvalue weighted by Crippen LogP contribution is 2.04. The molecule has 0 radical (unpaired) electrons. The Bertz CT molecular complexity index is 274. The van der Waals surface area contributed by atoms with Crippen molar-refractivity contribution in [2.24, 2.45) is 5.73 Å². The molecule has 0 amide bonds. The molecule has 0 aliphatic rings. The van der Waals surface area contributed by atoms with E-state index in [9.17, 15) is 14.7 Å². The number of carbonyl (C=O) groups excluding carboxylic acids is 2. The number of Topliss-reactive ketones (excluding diaryl/α,β-unsaturated/α-hetero) is 2. The maximum atomic E-state index is 11.4. The fourth-order valence-corrected chi connectivity index (χ4v) is 1.37. The number of thiol groups is 1. The first-order chi connectivity index (χ1) is 7.86. The van der Waals surface area contributed by atoms with Gasteiger partial charge in [0.1, 0.15) is 18.3 Å². The maximum absolute atomic E-state index is 11.4. The molecule has 0 fully saturated rings. The Labute approximate surface area is 104 Å². The Hall–Kier alpha value is -0.510. The first kappa shape index (κ1) is 16.5. The van der Waals surface area contributed by atoms with E-state index in [2.05, 4.69) is 12.6 Å². The lowest BCUT2D eigenvalue weighted by Crippen LogP contribution is -2.49. The summed E-state index contributed by atoms with van der Waals surface area (Å²) in [4.78, 5) is 22.7. The number of carbonyl (C=O) groups is 2. The van der Waals surface area contributed by atoms with Gasteiger partial charge in [-0.25, -0.2) is 0 Å². The molecule has 6 N–H and O–H groups in total. The third-order valence-electron chi connectivity index (χ3n) is 2.20. The molecule has 0 aromatic carbocycles. The molecule has 0 aromatic heterocycles. The molecule has 100 valence electrons. The van der Waals surface area contributed by atoms with Gasteiger partial charge in [0, 0.05) is 6.04 Å². The van der Waals surface area contributed by atoms with E-state index in [1.165, 1.54) is 0 Å². The Morgan fingerprint density at radius 3 is 2.00 bits per heavy atom. The van der Waals surface area contributed by atoms with Crippen LogP contribution in [-0.2, 0) is 9.59 Å². The van der Waals surface area contributed by atoms with Crippen molar-refractivity contribution in [3.05, 3.63) is 0 Å². The Morgan fingerprint density at radius 1 is 1.12 bits per heavy atom. The number of aliphatic hydroxyl groups is 4. The van der Waals surface area contributed by atoms with Gasteiger partial charge in [0.05, 0.1) is 6.61 Å². The molecule has 0 aliphatic heterocycles. The summed E-state index contributed by atoms with van der Waals surface area (Å²) in [6, 6.07) is -0.970. The number of hydrogen-bond acceptors (Lipinski definition) is 8. The summed E-state index contributed by atoms with van der Waals surface area (Å²) in [7, 11) is 0. The van der Waals surface area contributed by atoms with Crippen LogP contribution in [0.4, 0.5) is 0 Å². The van der Waals surface area contributed by atoms with Crippen LogP contribution in [-0.4, -0.2) is 68.7 Å². The zero-order valence-electron chi connectivity index (χ0n) is 9.06. The van der Waals surface area contributed by atoms with Crippen molar-refractivity contribution in [3.63, 3.8) is 0 Å². The van der Waals surface area contributed by atoms with Crippen molar-refractivity contribution in [2.45, 2.75) is 30.8 Å². The second kappa shape index (κ2) is 7.75. The molecule has 4 atom stereocenters. The lowest BCUT2D eigenvalue weighted by Gasteiger charge is -2.19. The van der Waals surface area contributed by atoms with E-state index >= 15 is 0 Å². The van der Waals surface area contributed by atoms with Crippen molar-refractivity contribution in [3.8, 4) is 0 Å². The first-order valence-corrected chi connectivity index (χ1v) is 5.59. The van der Waals surface area contributed by atoms with Gasteiger partial charge in [-0.3, -0.25) is 9.59 Å². The molecule has 17 heavy (non-hydrogen) atoms. The predicted molar refractivity (Wildman–Crippen MR) is 61.6 cm³/mol. The summed E-state index contributed by atoms with van der Waals surface area (Å²) in [5.74, 6) is -2.35. The van der Waals surface area contributed by atoms with Crippen LogP contribution in [0.1, 0.15) is 6.42 Å². The number of ketones is 2. The van der Waals surface area contributed by atoms with E-state index in [0.29, 0.717) is 5.75 Å². The van der Waals surface area contributed by atoms with Gasteiger partial charge in [-0.1, -0.05) is 0 Å². The van der Waals surface area contributed by atoms with Crippen LogP contribution in [0.2, 0.25) is 0 Å². The number of hydrogen-bond donors (Lipinski definition) is 6. The SMILES string of the molecule is N[C@@H](CCS)C(O)C(=O)C(=O)[C@H](O)[C@H](O)CO. The minimum absolute atomic E-state index is 0.210. The molecule has 0 saturated carbocycles. The van der Waals surface area contributed by atoms with Crippen LogP contribution in [0.15, 0.2) is 0 Å². The van der Waals surface area contributed by atoms with Gasteiger partial charge in [-0.05, 0) is 12.2 Å². The van der Waals surface area contributed by atoms with Gasteiger partial charge >= 0.3 is 0 Å². The second-order valence-corrected chi connectivity index (χ2v) is 3.99. The van der Waals surface area contributed by atoms with Crippen LogP contribution in [0.3, 0.4) is 0 Å². The zero-order valence-corrected chi connectivity index (χ0v) is 9.96. The van der Waals surface area contributed by atoms with Crippen LogP contribution in [0.25, 0.3) is 0 Å². The molecule has 0 heterocycles. The van der Waals surface area contributed by atoms with Crippen LogP contribution in [0, 0.1) is 0 Å². The van der Waals surface area contributed by atoms with E-state index < -0.39 is 42.5 Å². The lowest BCUT2D eigenvalue weighted by atomic mass is 9.98. The molecule has 8 heteroatoms. The van der Waals surface area contributed by atoms with Crippen LogP contribution < -0.4 is 5.73 Å². The summed E-state index contributed by atoms with van der Waals surface area (Å²) in [6.45, 7) is -0.876. The first-order valence-electron chi connectivity index (χ1n) is 4.96. The highest BCUT2D eigenvalue weighted by atomic mass is 32.1. The van der Waals surface area contributed by atoms with Crippen molar-refractivity contribution >= 4 is 24.2 Å². The minimum Gasteiger partial charge on any atom is -0.394 e. The van der Waals surface area contributed by atoms with Crippen molar-refractivity contribution in [2.75, 3.05) is 12.4 Å². The largest absolute Gasteiger partial charge is 0.394 e. The van der Waals surface area contributed by atoms with E-state index in [0.717, 1.165) is 0 Å². The number of aliphatic hydroxyl groups excluding tert-OH is 4. The summed E-state index contributed by atoms with van der Waals surface area (Å²) < 4.78 is 0. The second-order valence-electron chi connectivity index (χ2n) is 3.54. The van der Waals surface area contributed by atoms with Crippen LogP contribution >= 0.6 is 12.6 Å². The average molecular weight is 267 g/mol. The molecule has 1 unspecified atom stereocenters. The number of rotatable bonds is 8. The minimum atomic E-state index is -2.06. The topological polar surface area (TPSA) is 141 Å². The quantitative estimate of drug-likeness (QED) is 0.201. The van der Waals surface area contributed by atoms with E-state index in [4.69, 9.17) is 21.1 Å². The average Bonchev–Trinajstić information content (AvgIpc) is 2.34. The third kappa shape index (κ3) is 4.70. The Morgan fingerprint density at radius 2 is 1.59 bits per heavy atom. The maximum Gasteiger partial charge on any atom is 0.232 e. The summed E-state index contributed by atoms with van der Waals surface area (Å²) >= 11 is 3.85. The zero-order chi connectivity index (χ0) is 13.6. The molecule has 7 nitrogen and oxygen atoms in total. The van der Waals surface area contributed by atoms with Gasteiger partial charge in [-0.15, -0.1) is 0 Å². The van der Waals surface area contributed by atoms with Crippen LogP contribution in [0.5, 0.6) is 0 Å². The smallest absolute Gasteiger partial charge is 0.232 e. The van der Waals surface area contributed by atoms with Gasteiger partial charge in [0.15, 0.2) is 0 Å². The van der Waals surface area contributed by atoms with Crippen molar-refractivity contribution < 1.29 is 30.0 Å². The molecule has 0 aromatic rings. The fourth-order valence-electron chi connectivity index (χ4n) is 1.07. The molecule has 0 aliphatic carbocycles. The summed E-state index contributed by atoms with van der Waals surface area (Å²) in [5.41, 5.74) is 5.41. The molecule has 0 rings (SSSR count). The summed E-state index contributed by atoms with van der Waals surface area (Å²) in [5, 5.41) is 36.0. The standard InChI is InChI=1S/C9H17NO6S/c10-4(1-2-17)6(13)8(15)9(16)7(14)5(12)3-11/h4-7,11-14,17H,1-3,10H2/t4-,5+,6?,7+/m0/s1. The molecule has 0 bridgehead atoms. The molecular formula is C9H17NO6S. The fraction of sp³-hybridized carbons (Fsp3) is 0.778. The van der Waals surface area contributed by atoms with E-state index in [-0.39, 0.29) is 6.42 Å².